The first-order valence-corrected chi connectivity index (χ1v) is 7.05. The summed E-state index contributed by atoms with van der Waals surface area (Å²) in [5.41, 5.74) is 5.96. The fourth-order valence-corrected chi connectivity index (χ4v) is 3.25. The lowest BCUT2D eigenvalue weighted by Crippen LogP contribution is -2.47. The lowest BCUT2D eigenvalue weighted by molar-refractivity contribution is -0.151. The summed E-state index contributed by atoms with van der Waals surface area (Å²) in [6.45, 7) is 3.97. The Hall–Kier alpha value is -1.40. The predicted octanol–water partition coefficient (Wildman–Crippen LogP) is 1.39. The zero-order chi connectivity index (χ0) is 14.2. The zero-order valence-electron chi connectivity index (χ0n) is 11.0. The van der Waals surface area contributed by atoms with Crippen LogP contribution in [0.25, 0.3) is 0 Å². The van der Waals surface area contributed by atoms with Crippen molar-refractivity contribution in [2.24, 2.45) is 5.73 Å². The monoisotopic (exact) mass is 282 g/mol. The van der Waals surface area contributed by atoms with Crippen molar-refractivity contribution in [3.05, 3.63) is 21.9 Å². The van der Waals surface area contributed by atoms with Crippen molar-refractivity contribution in [1.29, 1.82) is 0 Å². The van der Waals surface area contributed by atoms with Gasteiger partial charge in [-0.15, -0.1) is 11.3 Å². The smallest absolute Gasteiger partial charge is 0.331 e. The minimum Gasteiger partial charge on any atom is -0.479 e. The molecule has 1 aliphatic heterocycles. The van der Waals surface area contributed by atoms with Gasteiger partial charge in [-0.2, -0.15) is 0 Å². The average molecular weight is 282 g/mol. The van der Waals surface area contributed by atoms with Crippen LogP contribution < -0.4 is 5.73 Å². The normalized spacial score (nSPS) is 19.1. The maximum atomic E-state index is 12.2. The average Bonchev–Trinajstić information content (AvgIpc) is 2.72. The van der Waals surface area contributed by atoms with E-state index in [0.717, 1.165) is 10.4 Å². The molecule has 0 spiro atoms. The quantitative estimate of drug-likeness (QED) is 0.877. The number of amides is 1. The number of aliphatic carboxylic acids is 1. The van der Waals surface area contributed by atoms with Gasteiger partial charge in [-0.3, -0.25) is 4.79 Å². The lowest BCUT2D eigenvalue weighted by Gasteiger charge is -2.34. The van der Waals surface area contributed by atoms with E-state index in [1.807, 2.05) is 5.38 Å². The van der Waals surface area contributed by atoms with Crippen LogP contribution in [-0.4, -0.2) is 34.0 Å². The molecule has 1 unspecified atom stereocenters. The van der Waals surface area contributed by atoms with Crippen molar-refractivity contribution in [2.75, 3.05) is 6.54 Å². The number of carboxylic acids is 1. The van der Waals surface area contributed by atoms with Crippen molar-refractivity contribution in [3.8, 4) is 0 Å². The second-order valence-corrected chi connectivity index (χ2v) is 6.54. The molecule has 1 aliphatic rings. The van der Waals surface area contributed by atoms with Crippen molar-refractivity contribution in [3.63, 3.8) is 0 Å². The largest absolute Gasteiger partial charge is 0.479 e. The predicted molar refractivity (Wildman–Crippen MR) is 73.0 cm³/mol. The molecule has 0 fully saturated rings. The first-order valence-electron chi connectivity index (χ1n) is 6.17. The zero-order valence-corrected chi connectivity index (χ0v) is 11.9. The van der Waals surface area contributed by atoms with Gasteiger partial charge in [0, 0.05) is 23.4 Å². The lowest BCUT2D eigenvalue weighted by atomic mass is 9.96. The fourth-order valence-electron chi connectivity index (χ4n) is 2.34. The molecule has 2 rings (SSSR count). The van der Waals surface area contributed by atoms with Crippen molar-refractivity contribution in [2.45, 2.75) is 38.3 Å². The van der Waals surface area contributed by atoms with Crippen molar-refractivity contribution < 1.29 is 14.7 Å². The Kier molecular flexibility index (Phi) is 3.64. The SMILES string of the molecule is CC(C)(N)CC(=O)N1CCc2sccc2C1C(=O)O. The highest BCUT2D eigenvalue weighted by atomic mass is 32.1. The number of thiophene rings is 1. The summed E-state index contributed by atoms with van der Waals surface area (Å²) < 4.78 is 0. The molecular formula is C13H18N2O3S. The van der Waals surface area contributed by atoms with Crippen LogP contribution in [0.5, 0.6) is 0 Å². The molecule has 1 aromatic rings. The topological polar surface area (TPSA) is 83.6 Å². The number of nitrogens with zero attached hydrogens (tertiary/aromatic N) is 1. The van der Waals surface area contributed by atoms with Crippen LogP contribution in [0.3, 0.4) is 0 Å². The number of carboxylic acid groups (broad SMARTS) is 1. The van der Waals surface area contributed by atoms with Crippen LogP contribution in [0, 0.1) is 0 Å². The first-order chi connectivity index (χ1) is 8.79. The number of carbonyl (C=O) groups excluding carboxylic acids is 1. The second kappa shape index (κ2) is 4.94. The summed E-state index contributed by atoms with van der Waals surface area (Å²) >= 11 is 1.55. The standard InChI is InChI=1S/C13H18N2O3S/c1-13(2,14)7-10(16)15-5-3-9-8(4-6-19-9)11(15)12(17)18/h4,6,11H,3,5,7,14H2,1-2H3,(H,17,18). The molecule has 104 valence electrons. The van der Waals surface area contributed by atoms with Gasteiger partial charge < -0.3 is 15.7 Å². The molecule has 1 aromatic heterocycles. The number of hydrogen-bond acceptors (Lipinski definition) is 4. The number of rotatable bonds is 3. The minimum atomic E-state index is -0.984. The van der Waals surface area contributed by atoms with Gasteiger partial charge in [0.05, 0.1) is 0 Å². The molecule has 1 amide bonds. The van der Waals surface area contributed by atoms with Gasteiger partial charge >= 0.3 is 5.97 Å². The Bertz CT molecular complexity index is 504. The van der Waals surface area contributed by atoms with Crippen LogP contribution >= 0.6 is 11.3 Å². The highest BCUT2D eigenvalue weighted by molar-refractivity contribution is 7.10. The molecule has 3 N–H and O–H groups in total. The molecule has 5 nitrogen and oxygen atoms in total. The Balaban J connectivity index is 2.27. The number of hydrogen-bond donors (Lipinski definition) is 2. The Labute approximate surface area is 116 Å². The molecular weight excluding hydrogens is 264 g/mol. The van der Waals surface area contributed by atoms with Crippen LogP contribution in [0.4, 0.5) is 0 Å². The van der Waals surface area contributed by atoms with Crippen LogP contribution in [0.1, 0.15) is 36.8 Å². The molecule has 0 saturated heterocycles. The third-order valence-electron chi connectivity index (χ3n) is 3.13. The number of nitrogens with two attached hydrogens (primary N) is 1. The van der Waals surface area contributed by atoms with Gasteiger partial charge in [0.2, 0.25) is 5.91 Å². The van der Waals surface area contributed by atoms with Gasteiger partial charge in [-0.05, 0) is 37.3 Å². The van der Waals surface area contributed by atoms with E-state index in [-0.39, 0.29) is 12.3 Å². The molecule has 6 heteroatoms. The number of fused-ring (bicyclic) bond motifs is 1. The molecule has 0 aliphatic carbocycles. The van der Waals surface area contributed by atoms with Gasteiger partial charge in [-0.25, -0.2) is 4.79 Å². The summed E-state index contributed by atoms with van der Waals surface area (Å²) in [4.78, 5) is 26.2. The third kappa shape index (κ3) is 2.96. The molecule has 0 bridgehead atoms. The van der Waals surface area contributed by atoms with E-state index >= 15 is 0 Å². The molecule has 0 aromatic carbocycles. The number of carbonyl (C=O) groups is 2. The van der Waals surface area contributed by atoms with Crippen LogP contribution in [-0.2, 0) is 16.0 Å². The summed E-state index contributed by atoms with van der Waals surface area (Å²) in [5.74, 6) is -1.18. The molecule has 1 atom stereocenters. The van der Waals surface area contributed by atoms with E-state index in [4.69, 9.17) is 5.73 Å². The summed E-state index contributed by atoms with van der Waals surface area (Å²) in [6.07, 6.45) is 0.865. The molecule has 2 heterocycles. The van der Waals surface area contributed by atoms with E-state index in [9.17, 15) is 14.7 Å². The first kappa shape index (κ1) is 14.0. The van der Waals surface area contributed by atoms with Crippen molar-refractivity contribution >= 4 is 23.2 Å². The molecule has 0 saturated carbocycles. The van der Waals surface area contributed by atoms with Gasteiger partial charge in [0.25, 0.3) is 0 Å². The van der Waals surface area contributed by atoms with Crippen LogP contribution in [0.15, 0.2) is 11.4 Å². The van der Waals surface area contributed by atoms with Crippen LogP contribution in [0.2, 0.25) is 0 Å². The minimum absolute atomic E-state index is 0.149. The maximum absolute atomic E-state index is 12.2. The Morgan fingerprint density at radius 2 is 2.26 bits per heavy atom. The second-order valence-electron chi connectivity index (χ2n) is 5.54. The van der Waals surface area contributed by atoms with Crippen molar-refractivity contribution in [1.82, 2.24) is 4.90 Å². The highest BCUT2D eigenvalue weighted by Crippen LogP contribution is 2.34. The Morgan fingerprint density at radius 3 is 2.84 bits per heavy atom. The third-order valence-corrected chi connectivity index (χ3v) is 4.12. The molecule has 19 heavy (non-hydrogen) atoms. The summed E-state index contributed by atoms with van der Waals surface area (Å²) in [7, 11) is 0. The van der Waals surface area contributed by atoms with E-state index in [1.54, 1.807) is 31.3 Å². The molecule has 0 radical (unpaired) electrons. The van der Waals surface area contributed by atoms with Gasteiger partial charge in [-0.1, -0.05) is 0 Å². The summed E-state index contributed by atoms with van der Waals surface area (Å²) in [6, 6.07) is 0.927. The maximum Gasteiger partial charge on any atom is 0.331 e. The highest BCUT2D eigenvalue weighted by Gasteiger charge is 2.37. The fraction of sp³-hybridized carbons (Fsp3) is 0.538. The van der Waals surface area contributed by atoms with E-state index in [0.29, 0.717) is 13.0 Å². The van der Waals surface area contributed by atoms with Gasteiger partial charge in [0.1, 0.15) is 0 Å². The van der Waals surface area contributed by atoms with E-state index < -0.39 is 17.6 Å². The summed E-state index contributed by atoms with van der Waals surface area (Å²) in [5, 5.41) is 11.3. The Morgan fingerprint density at radius 1 is 1.58 bits per heavy atom. The van der Waals surface area contributed by atoms with E-state index in [1.165, 1.54) is 4.90 Å². The van der Waals surface area contributed by atoms with E-state index in [2.05, 4.69) is 0 Å². The van der Waals surface area contributed by atoms with Gasteiger partial charge in [0.15, 0.2) is 6.04 Å².